The third-order valence-corrected chi connectivity index (χ3v) is 7.20. The van der Waals surface area contributed by atoms with E-state index in [0.29, 0.717) is 0 Å². The van der Waals surface area contributed by atoms with Gasteiger partial charge < -0.3 is 41.1 Å². The summed E-state index contributed by atoms with van der Waals surface area (Å²) in [6, 6.07) is 22.9. The molecule has 0 amide bonds. The molecule has 4 aromatic rings. The van der Waals surface area contributed by atoms with Crippen LogP contribution in [-0.4, -0.2) is 35.7 Å². The van der Waals surface area contributed by atoms with Crippen molar-refractivity contribution in [3.8, 4) is 23.0 Å². The van der Waals surface area contributed by atoms with Gasteiger partial charge in [-0.2, -0.15) is 0 Å². The molecule has 1 aliphatic rings. The number of benzene rings is 4. The molecule has 0 radical (unpaired) electrons. The number of hydrogen-bond donors (Lipinski definition) is 0. The molecule has 10 heteroatoms. The number of para-hydroxylation sites is 1. The summed E-state index contributed by atoms with van der Waals surface area (Å²) in [5.41, 5.74) is 10.1. The van der Waals surface area contributed by atoms with Gasteiger partial charge in [0.2, 0.25) is 0 Å². The number of fused-ring (bicyclic) bond motifs is 2. The largest absolute Gasteiger partial charge is 0.673 e. The second-order valence-electron chi connectivity index (χ2n) is 9.94. The lowest BCUT2D eigenvalue weighted by Crippen LogP contribution is -2.24. The summed E-state index contributed by atoms with van der Waals surface area (Å²) < 4.78 is 62.6. The van der Waals surface area contributed by atoms with Crippen molar-refractivity contribution >= 4 is 24.3 Å². The Morgan fingerprint density at radius 3 is 1.40 bits per heavy atom. The molecule has 0 unspecified atom stereocenters. The Kier molecular flexibility index (Phi) is 8.94. The van der Waals surface area contributed by atoms with Crippen molar-refractivity contribution in [3.63, 3.8) is 0 Å². The topological polar surface area (TPSA) is 40.2 Å². The van der Waals surface area contributed by atoms with Gasteiger partial charge in [-0.1, -0.05) is 35.9 Å². The molecule has 1 heterocycles. The lowest BCUT2D eigenvalue weighted by atomic mass is 9.75. The van der Waals surface area contributed by atoms with Crippen molar-refractivity contribution in [1.82, 2.24) is 0 Å². The maximum absolute atomic E-state index is 9.75. The van der Waals surface area contributed by atoms with Gasteiger partial charge in [0.25, 0.3) is 0 Å². The molecule has 0 aromatic heterocycles. The van der Waals surface area contributed by atoms with Crippen molar-refractivity contribution in [1.29, 1.82) is 0 Å². The van der Waals surface area contributed by atoms with Gasteiger partial charge in [-0.25, -0.2) is 0 Å². The summed E-state index contributed by atoms with van der Waals surface area (Å²) >= 11 is 0. The van der Waals surface area contributed by atoms with Gasteiger partial charge in [-0.3, -0.25) is 0 Å². The number of anilines is 3. The number of ether oxygens (including phenoxy) is 4. The molecule has 0 saturated heterocycles. The van der Waals surface area contributed by atoms with Crippen LogP contribution in [0, 0.1) is 20.8 Å². The van der Waals surface area contributed by atoms with Crippen LogP contribution in [0.3, 0.4) is 0 Å². The van der Waals surface area contributed by atoms with Crippen molar-refractivity contribution in [2.45, 2.75) is 26.7 Å². The van der Waals surface area contributed by atoms with E-state index in [1.807, 2.05) is 30.3 Å². The standard InChI is InChI=1S/C32H33NO4.BF4/c1-19-13-20(2)29(21(3)14-19)32-30-25(15-23(34-4)17-27(30)36-6)33(22-11-9-8-10-12-22)26-16-24(35-5)18-28(37-7)31(26)32;2-1(3,4)5/h8-18,32H,1-7H3;/q;-1. The number of methoxy groups -OCH3 is 4. The quantitative estimate of drug-likeness (QED) is 0.148. The Bertz CT molecular complexity index is 1490. The van der Waals surface area contributed by atoms with E-state index in [1.165, 1.54) is 22.3 Å². The van der Waals surface area contributed by atoms with Crippen LogP contribution in [-0.2, 0) is 0 Å². The van der Waals surface area contributed by atoms with Crippen LogP contribution < -0.4 is 23.8 Å². The van der Waals surface area contributed by atoms with E-state index >= 15 is 0 Å². The van der Waals surface area contributed by atoms with Crippen molar-refractivity contribution < 1.29 is 36.2 Å². The van der Waals surface area contributed by atoms with E-state index in [9.17, 15) is 17.3 Å². The van der Waals surface area contributed by atoms with Crippen LogP contribution in [0.5, 0.6) is 23.0 Å². The molecule has 0 N–H and O–H groups in total. The molecule has 4 aromatic carbocycles. The average Bonchev–Trinajstić information content (AvgIpc) is 2.94. The normalized spacial score (nSPS) is 12.5. The SMILES string of the molecule is COc1cc(OC)c2c(c1)N(c1ccccc1)c1cc(OC)cc(OC)c1C2c1c(C)cc(C)cc1C.F[B-](F)(F)F. The van der Waals surface area contributed by atoms with Crippen LogP contribution in [0.4, 0.5) is 34.3 Å². The van der Waals surface area contributed by atoms with Crippen molar-refractivity contribution in [3.05, 3.63) is 100 Å². The second-order valence-corrected chi connectivity index (χ2v) is 9.94. The van der Waals surface area contributed by atoms with E-state index in [-0.39, 0.29) is 5.92 Å². The van der Waals surface area contributed by atoms with E-state index in [0.717, 1.165) is 51.2 Å². The fourth-order valence-electron chi connectivity index (χ4n) is 5.76. The maximum atomic E-state index is 9.75. The minimum absolute atomic E-state index is 0.132. The number of halogens is 4. The zero-order chi connectivity index (χ0) is 30.8. The molecule has 0 saturated carbocycles. The van der Waals surface area contributed by atoms with E-state index < -0.39 is 7.25 Å². The third-order valence-electron chi connectivity index (χ3n) is 7.20. The predicted octanol–water partition coefficient (Wildman–Crippen LogP) is 8.91. The molecular formula is C32H33BF4NO4-. The first-order valence-corrected chi connectivity index (χ1v) is 13.2. The molecule has 0 spiro atoms. The highest BCUT2D eigenvalue weighted by molar-refractivity contribution is 6.50. The molecule has 0 bridgehead atoms. The summed E-state index contributed by atoms with van der Waals surface area (Å²) in [5.74, 6) is 2.86. The molecule has 0 aliphatic carbocycles. The minimum atomic E-state index is -6.00. The molecule has 0 fully saturated rings. The number of rotatable bonds is 6. The Balaban J connectivity index is 0.000000748. The lowest BCUT2D eigenvalue weighted by molar-refractivity contribution is 0.368. The first-order chi connectivity index (χ1) is 19.9. The summed E-state index contributed by atoms with van der Waals surface area (Å²) in [5, 5.41) is 0. The van der Waals surface area contributed by atoms with Crippen LogP contribution in [0.25, 0.3) is 0 Å². The van der Waals surface area contributed by atoms with Crippen molar-refractivity contribution in [2.24, 2.45) is 0 Å². The van der Waals surface area contributed by atoms with Gasteiger partial charge >= 0.3 is 7.25 Å². The average molecular weight is 582 g/mol. The Morgan fingerprint density at radius 1 is 0.595 bits per heavy atom. The Labute approximate surface area is 243 Å². The summed E-state index contributed by atoms with van der Waals surface area (Å²) in [4.78, 5) is 2.25. The highest BCUT2D eigenvalue weighted by Crippen LogP contribution is 2.59. The van der Waals surface area contributed by atoms with Crippen LogP contribution in [0.1, 0.15) is 39.3 Å². The van der Waals surface area contributed by atoms with Crippen LogP contribution >= 0.6 is 0 Å². The van der Waals surface area contributed by atoms with Gasteiger partial charge in [0, 0.05) is 47.0 Å². The maximum Gasteiger partial charge on any atom is 0.673 e. The summed E-state index contributed by atoms with van der Waals surface area (Å²) in [6.07, 6.45) is 0. The molecular weight excluding hydrogens is 549 g/mol. The smallest absolute Gasteiger partial charge is 0.497 e. The Hall–Kier alpha value is -4.34. The number of hydrogen-bond acceptors (Lipinski definition) is 5. The summed E-state index contributed by atoms with van der Waals surface area (Å²) in [7, 11) is 0.800. The van der Waals surface area contributed by atoms with Gasteiger partial charge in [-0.05, 0) is 49.6 Å². The van der Waals surface area contributed by atoms with Crippen LogP contribution in [0.15, 0.2) is 66.7 Å². The molecule has 42 heavy (non-hydrogen) atoms. The fraction of sp³-hybridized carbons (Fsp3) is 0.250. The van der Waals surface area contributed by atoms with Crippen molar-refractivity contribution in [2.75, 3.05) is 33.3 Å². The highest BCUT2D eigenvalue weighted by atomic mass is 19.5. The fourth-order valence-corrected chi connectivity index (χ4v) is 5.76. The highest BCUT2D eigenvalue weighted by Gasteiger charge is 2.39. The van der Waals surface area contributed by atoms with Gasteiger partial charge in [0.15, 0.2) is 0 Å². The monoisotopic (exact) mass is 582 g/mol. The molecule has 222 valence electrons. The molecule has 0 atom stereocenters. The zero-order valence-corrected chi connectivity index (χ0v) is 24.6. The second kappa shape index (κ2) is 12.3. The van der Waals surface area contributed by atoms with E-state index in [2.05, 4.69) is 62.1 Å². The molecule has 5 nitrogen and oxygen atoms in total. The minimum Gasteiger partial charge on any atom is -0.497 e. The Morgan fingerprint density at radius 2 is 1.02 bits per heavy atom. The van der Waals surface area contributed by atoms with E-state index in [4.69, 9.17) is 18.9 Å². The van der Waals surface area contributed by atoms with Crippen LogP contribution in [0.2, 0.25) is 0 Å². The van der Waals surface area contributed by atoms with Gasteiger partial charge in [0.1, 0.15) is 23.0 Å². The van der Waals surface area contributed by atoms with Gasteiger partial charge in [-0.15, -0.1) is 0 Å². The predicted molar refractivity (Wildman–Crippen MR) is 159 cm³/mol. The third kappa shape index (κ3) is 6.12. The number of nitrogens with zero attached hydrogens (tertiary/aromatic N) is 1. The molecule has 1 aliphatic heterocycles. The molecule has 5 rings (SSSR count). The van der Waals surface area contributed by atoms with Gasteiger partial charge in [0.05, 0.1) is 39.8 Å². The van der Waals surface area contributed by atoms with E-state index in [1.54, 1.807) is 28.4 Å². The first kappa shape index (κ1) is 30.6. The zero-order valence-electron chi connectivity index (χ0n) is 24.6. The summed E-state index contributed by atoms with van der Waals surface area (Å²) in [6.45, 7) is 6.51. The number of aryl methyl sites for hydroxylation is 3. The first-order valence-electron chi connectivity index (χ1n) is 13.2. The lowest BCUT2D eigenvalue weighted by Gasteiger charge is -2.40.